The number of likely N-dealkylation sites (tertiary alicyclic amines) is 1. The maximum atomic E-state index is 11.8. The number of hydrogen-bond acceptors (Lipinski definition) is 2. The van der Waals surface area contributed by atoms with Crippen LogP contribution in [-0.4, -0.2) is 36.0 Å². The Balaban J connectivity index is 1.43. The highest BCUT2D eigenvalue weighted by Gasteiger charge is 2.39. The standard InChI is InChI=1S/C15H18ClN3O2/c16-11-1-3-12(4-2-11)18-15(21)17-8-10-7-14(20)19(9-10)13-5-6-13/h1-4,10,13H,5-9H2,(H2,17,18,21). The topological polar surface area (TPSA) is 61.4 Å². The third kappa shape index (κ3) is 3.67. The summed E-state index contributed by atoms with van der Waals surface area (Å²) in [7, 11) is 0. The average molecular weight is 308 g/mol. The van der Waals surface area contributed by atoms with E-state index in [-0.39, 0.29) is 17.9 Å². The minimum Gasteiger partial charge on any atom is -0.339 e. The Morgan fingerprint density at radius 3 is 2.67 bits per heavy atom. The Bertz CT molecular complexity index is 542. The van der Waals surface area contributed by atoms with E-state index in [9.17, 15) is 9.59 Å². The van der Waals surface area contributed by atoms with E-state index in [1.165, 1.54) is 0 Å². The summed E-state index contributed by atoms with van der Waals surface area (Å²) in [5.74, 6) is 0.441. The van der Waals surface area contributed by atoms with Crippen LogP contribution in [0.25, 0.3) is 0 Å². The van der Waals surface area contributed by atoms with Gasteiger partial charge in [-0.15, -0.1) is 0 Å². The highest BCUT2D eigenvalue weighted by molar-refractivity contribution is 6.30. The Morgan fingerprint density at radius 1 is 1.29 bits per heavy atom. The van der Waals surface area contributed by atoms with E-state index in [0.717, 1.165) is 19.4 Å². The van der Waals surface area contributed by atoms with Gasteiger partial charge in [-0.3, -0.25) is 4.79 Å². The van der Waals surface area contributed by atoms with Gasteiger partial charge in [-0.2, -0.15) is 0 Å². The summed E-state index contributed by atoms with van der Waals surface area (Å²) in [6.45, 7) is 1.29. The molecular formula is C15H18ClN3O2. The summed E-state index contributed by atoms with van der Waals surface area (Å²) in [4.78, 5) is 25.6. The normalized spacial score (nSPS) is 21.5. The van der Waals surface area contributed by atoms with E-state index < -0.39 is 0 Å². The molecule has 2 aliphatic rings. The number of amides is 3. The number of carbonyl (C=O) groups is 2. The van der Waals surface area contributed by atoms with E-state index in [4.69, 9.17) is 11.6 Å². The highest BCUT2D eigenvalue weighted by Crippen LogP contribution is 2.32. The number of carbonyl (C=O) groups excluding carboxylic acids is 2. The molecular weight excluding hydrogens is 290 g/mol. The molecule has 2 N–H and O–H groups in total. The Kier molecular flexibility index (Phi) is 4.01. The molecule has 1 aromatic carbocycles. The molecule has 3 rings (SSSR count). The molecule has 1 aliphatic heterocycles. The fourth-order valence-electron chi connectivity index (χ4n) is 2.63. The Labute approximate surface area is 128 Å². The molecule has 1 atom stereocenters. The average Bonchev–Trinajstić information content (AvgIpc) is 3.23. The zero-order valence-corrected chi connectivity index (χ0v) is 12.4. The first-order valence-electron chi connectivity index (χ1n) is 7.21. The third-order valence-corrected chi connectivity index (χ3v) is 4.13. The molecule has 2 fully saturated rings. The van der Waals surface area contributed by atoms with Gasteiger partial charge in [0.05, 0.1) is 0 Å². The lowest BCUT2D eigenvalue weighted by Crippen LogP contribution is -2.34. The third-order valence-electron chi connectivity index (χ3n) is 3.88. The molecule has 1 unspecified atom stereocenters. The van der Waals surface area contributed by atoms with Crippen molar-refractivity contribution >= 4 is 29.2 Å². The van der Waals surface area contributed by atoms with Crippen molar-refractivity contribution in [2.45, 2.75) is 25.3 Å². The minimum atomic E-state index is -0.255. The first kappa shape index (κ1) is 14.2. The molecule has 0 aromatic heterocycles. The van der Waals surface area contributed by atoms with Crippen LogP contribution in [0.1, 0.15) is 19.3 Å². The molecule has 6 heteroatoms. The van der Waals surface area contributed by atoms with E-state index in [1.807, 2.05) is 4.90 Å². The molecule has 112 valence electrons. The monoisotopic (exact) mass is 307 g/mol. The van der Waals surface area contributed by atoms with Gasteiger partial charge in [0, 0.05) is 42.2 Å². The number of urea groups is 1. The van der Waals surface area contributed by atoms with Gasteiger partial charge in [-0.05, 0) is 37.1 Å². The number of benzene rings is 1. The summed E-state index contributed by atoms with van der Waals surface area (Å²) in [5, 5.41) is 6.20. The summed E-state index contributed by atoms with van der Waals surface area (Å²) in [6.07, 6.45) is 2.80. The van der Waals surface area contributed by atoms with Crippen molar-refractivity contribution in [3.63, 3.8) is 0 Å². The van der Waals surface area contributed by atoms with Crippen LogP contribution in [0.2, 0.25) is 5.02 Å². The lowest BCUT2D eigenvalue weighted by atomic mass is 10.1. The van der Waals surface area contributed by atoms with Crippen molar-refractivity contribution in [1.82, 2.24) is 10.2 Å². The van der Waals surface area contributed by atoms with Gasteiger partial charge in [-0.25, -0.2) is 4.79 Å². The minimum absolute atomic E-state index is 0.217. The van der Waals surface area contributed by atoms with Gasteiger partial charge < -0.3 is 15.5 Å². The number of halogens is 1. The fraction of sp³-hybridized carbons (Fsp3) is 0.467. The van der Waals surface area contributed by atoms with E-state index in [2.05, 4.69) is 10.6 Å². The van der Waals surface area contributed by atoms with Crippen molar-refractivity contribution < 1.29 is 9.59 Å². The van der Waals surface area contributed by atoms with Gasteiger partial charge in [0.2, 0.25) is 5.91 Å². The number of nitrogens with zero attached hydrogens (tertiary/aromatic N) is 1. The second-order valence-electron chi connectivity index (χ2n) is 5.69. The second kappa shape index (κ2) is 5.93. The predicted molar refractivity (Wildman–Crippen MR) is 81.3 cm³/mol. The first-order chi connectivity index (χ1) is 10.1. The summed E-state index contributed by atoms with van der Waals surface area (Å²) >= 11 is 5.79. The molecule has 1 aromatic rings. The number of rotatable bonds is 4. The zero-order chi connectivity index (χ0) is 14.8. The van der Waals surface area contributed by atoms with Crippen molar-refractivity contribution in [1.29, 1.82) is 0 Å². The van der Waals surface area contributed by atoms with Crippen molar-refractivity contribution in [3.05, 3.63) is 29.3 Å². The predicted octanol–water partition coefficient (Wildman–Crippen LogP) is 2.47. The van der Waals surface area contributed by atoms with Gasteiger partial charge in [0.15, 0.2) is 0 Å². The lowest BCUT2D eigenvalue weighted by Gasteiger charge is -2.15. The summed E-state index contributed by atoms with van der Waals surface area (Å²) in [6, 6.07) is 7.15. The largest absolute Gasteiger partial charge is 0.339 e. The lowest BCUT2D eigenvalue weighted by molar-refractivity contribution is -0.128. The quantitative estimate of drug-likeness (QED) is 0.897. The fourth-order valence-corrected chi connectivity index (χ4v) is 2.76. The van der Waals surface area contributed by atoms with Crippen molar-refractivity contribution in [2.75, 3.05) is 18.4 Å². The molecule has 1 aliphatic carbocycles. The Hall–Kier alpha value is -1.75. The van der Waals surface area contributed by atoms with Crippen LogP contribution in [0.3, 0.4) is 0 Å². The molecule has 21 heavy (non-hydrogen) atoms. The van der Waals surface area contributed by atoms with Crippen molar-refractivity contribution in [2.24, 2.45) is 5.92 Å². The molecule has 5 nitrogen and oxygen atoms in total. The molecule has 1 saturated heterocycles. The molecule has 0 spiro atoms. The number of hydrogen-bond donors (Lipinski definition) is 2. The van der Waals surface area contributed by atoms with E-state index >= 15 is 0 Å². The van der Waals surface area contributed by atoms with E-state index in [1.54, 1.807) is 24.3 Å². The highest BCUT2D eigenvalue weighted by atomic mass is 35.5. The molecule has 1 heterocycles. The maximum Gasteiger partial charge on any atom is 0.319 e. The van der Waals surface area contributed by atoms with Crippen LogP contribution < -0.4 is 10.6 Å². The Morgan fingerprint density at radius 2 is 2.00 bits per heavy atom. The van der Waals surface area contributed by atoms with Crippen LogP contribution in [0, 0.1) is 5.92 Å². The summed E-state index contributed by atoms with van der Waals surface area (Å²) < 4.78 is 0. The molecule has 0 radical (unpaired) electrons. The van der Waals surface area contributed by atoms with Crippen LogP contribution in [0.15, 0.2) is 24.3 Å². The summed E-state index contributed by atoms with van der Waals surface area (Å²) in [5.41, 5.74) is 0.694. The van der Waals surface area contributed by atoms with E-state index in [0.29, 0.717) is 29.7 Å². The van der Waals surface area contributed by atoms with Crippen LogP contribution in [-0.2, 0) is 4.79 Å². The van der Waals surface area contributed by atoms with Gasteiger partial charge in [0.1, 0.15) is 0 Å². The zero-order valence-electron chi connectivity index (χ0n) is 11.6. The molecule has 3 amide bonds. The van der Waals surface area contributed by atoms with Crippen molar-refractivity contribution in [3.8, 4) is 0 Å². The molecule has 0 bridgehead atoms. The van der Waals surface area contributed by atoms with Gasteiger partial charge in [0.25, 0.3) is 0 Å². The van der Waals surface area contributed by atoms with Gasteiger partial charge in [-0.1, -0.05) is 11.6 Å². The van der Waals surface area contributed by atoms with Crippen LogP contribution in [0.4, 0.5) is 10.5 Å². The number of nitrogens with one attached hydrogen (secondary N) is 2. The maximum absolute atomic E-state index is 11.8. The van der Waals surface area contributed by atoms with Crippen LogP contribution in [0.5, 0.6) is 0 Å². The van der Waals surface area contributed by atoms with Crippen LogP contribution >= 0.6 is 11.6 Å². The number of anilines is 1. The SMILES string of the molecule is O=C(NCC1CC(=O)N(C2CC2)C1)Nc1ccc(Cl)cc1. The first-order valence-corrected chi connectivity index (χ1v) is 7.59. The second-order valence-corrected chi connectivity index (χ2v) is 6.13. The smallest absolute Gasteiger partial charge is 0.319 e. The van der Waals surface area contributed by atoms with Gasteiger partial charge >= 0.3 is 6.03 Å². The molecule has 1 saturated carbocycles.